The molecule has 0 N–H and O–H groups in total. The Labute approximate surface area is 112 Å². The van der Waals surface area contributed by atoms with Gasteiger partial charge in [0.25, 0.3) is 0 Å². The van der Waals surface area contributed by atoms with Crippen molar-refractivity contribution in [1.82, 2.24) is 0 Å². The van der Waals surface area contributed by atoms with Gasteiger partial charge in [0.15, 0.2) is 0 Å². The van der Waals surface area contributed by atoms with Crippen LogP contribution in [0, 0.1) is 0 Å². The van der Waals surface area contributed by atoms with E-state index < -0.39 is 0 Å². The quantitative estimate of drug-likeness (QED) is 0.566. The fourth-order valence-corrected chi connectivity index (χ4v) is 2.01. The molecule has 1 atom stereocenters. The summed E-state index contributed by atoms with van der Waals surface area (Å²) in [6.45, 7) is -0.0431. The molecule has 0 aromatic heterocycles. The van der Waals surface area contributed by atoms with E-state index in [1.54, 1.807) is 12.1 Å². The number of carbonyl (C=O) groups excluding carboxylic acids is 1. The van der Waals surface area contributed by atoms with Crippen molar-refractivity contribution in [3.63, 3.8) is 0 Å². The molecule has 0 saturated carbocycles. The van der Waals surface area contributed by atoms with Crippen LogP contribution in [0.3, 0.4) is 0 Å². The lowest BCUT2D eigenvalue weighted by atomic mass is 9.94. The summed E-state index contributed by atoms with van der Waals surface area (Å²) in [6, 6.07) is 5.25. The average Bonchev–Trinajstić information content (AvgIpc) is 2.33. The van der Waals surface area contributed by atoms with Crippen LogP contribution >= 0.6 is 23.2 Å². The van der Waals surface area contributed by atoms with Crippen molar-refractivity contribution in [2.45, 2.75) is 31.6 Å². The second kappa shape index (κ2) is 7.70. The van der Waals surface area contributed by atoms with E-state index in [4.69, 9.17) is 23.2 Å². The predicted octanol–water partition coefficient (Wildman–Crippen LogP) is 3.20. The lowest BCUT2D eigenvalue weighted by molar-refractivity contribution is -0.368. The summed E-state index contributed by atoms with van der Waals surface area (Å²) in [6.07, 6.45) is 4.10. The van der Waals surface area contributed by atoms with Crippen LogP contribution in [0.2, 0.25) is 10.0 Å². The summed E-state index contributed by atoms with van der Waals surface area (Å²) in [4.78, 5) is 11.0. The predicted molar refractivity (Wildman–Crippen MR) is 68.6 cm³/mol. The van der Waals surface area contributed by atoms with Crippen molar-refractivity contribution in [3.8, 4) is 0 Å². The molecule has 0 saturated heterocycles. The Kier molecular flexibility index (Phi) is 6.56. The van der Waals surface area contributed by atoms with Crippen molar-refractivity contribution in [2.24, 2.45) is 0 Å². The molecular weight excluding hydrogens is 259 g/mol. The molecule has 0 spiro atoms. The van der Waals surface area contributed by atoms with E-state index in [9.17, 15) is 9.90 Å². The first-order valence-electron chi connectivity index (χ1n) is 5.67. The highest BCUT2D eigenvalue weighted by Gasteiger charge is 2.11. The third-order valence-electron chi connectivity index (χ3n) is 2.70. The topological polar surface area (TPSA) is 40.1 Å². The van der Waals surface area contributed by atoms with Crippen LogP contribution in [0.5, 0.6) is 0 Å². The van der Waals surface area contributed by atoms with E-state index in [2.05, 4.69) is 0 Å². The maximum atomic E-state index is 11.0. The van der Waals surface area contributed by atoms with Crippen LogP contribution in [-0.4, -0.2) is 12.9 Å². The number of halogens is 2. The fourth-order valence-electron chi connectivity index (χ4n) is 1.70. The molecule has 0 fully saturated rings. The highest BCUT2D eigenvalue weighted by molar-refractivity contribution is 6.42. The molecule has 17 heavy (non-hydrogen) atoms. The van der Waals surface area contributed by atoms with Gasteiger partial charge in [-0.2, -0.15) is 0 Å². The molecule has 0 heterocycles. The molecular formula is C13H15Cl2O2-. The summed E-state index contributed by atoms with van der Waals surface area (Å²) in [5.74, 6) is -0.156. The van der Waals surface area contributed by atoms with Gasteiger partial charge in [0.1, 0.15) is 6.29 Å². The van der Waals surface area contributed by atoms with Crippen LogP contribution in [0.4, 0.5) is 0 Å². The Balaban J connectivity index is 2.60. The van der Waals surface area contributed by atoms with Crippen LogP contribution in [0.1, 0.15) is 37.2 Å². The third-order valence-corrected chi connectivity index (χ3v) is 3.43. The SMILES string of the molecule is O=C[C@@H](CCCCC[O-])c1ccc(Cl)c(Cl)c1. The number of hydrogen-bond acceptors (Lipinski definition) is 2. The monoisotopic (exact) mass is 273 g/mol. The average molecular weight is 274 g/mol. The van der Waals surface area contributed by atoms with Crippen molar-refractivity contribution < 1.29 is 9.90 Å². The van der Waals surface area contributed by atoms with Crippen LogP contribution in [-0.2, 0) is 4.79 Å². The van der Waals surface area contributed by atoms with E-state index in [1.807, 2.05) is 6.07 Å². The Morgan fingerprint density at radius 3 is 2.53 bits per heavy atom. The second-order valence-corrected chi connectivity index (χ2v) is 4.78. The normalized spacial score (nSPS) is 12.4. The van der Waals surface area contributed by atoms with Crippen molar-refractivity contribution in [3.05, 3.63) is 33.8 Å². The van der Waals surface area contributed by atoms with Gasteiger partial charge in [-0.1, -0.05) is 48.5 Å². The first kappa shape index (κ1) is 14.5. The molecule has 0 bridgehead atoms. The van der Waals surface area contributed by atoms with Crippen molar-refractivity contribution >= 4 is 29.5 Å². The van der Waals surface area contributed by atoms with E-state index in [0.717, 1.165) is 31.1 Å². The lowest BCUT2D eigenvalue weighted by Gasteiger charge is -2.12. The maximum absolute atomic E-state index is 11.0. The Morgan fingerprint density at radius 1 is 1.18 bits per heavy atom. The minimum absolute atomic E-state index is 0.0431. The minimum Gasteiger partial charge on any atom is -0.854 e. The number of benzene rings is 1. The standard InChI is InChI=1S/C13H15Cl2O2/c14-12-6-5-10(8-13(12)15)11(9-17)4-2-1-3-7-16/h5-6,8-9,11H,1-4,7H2/q-1/t11-/m1/s1. The number of rotatable bonds is 7. The highest BCUT2D eigenvalue weighted by atomic mass is 35.5. The molecule has 2 nitrogen and oxygen atoms in total. The van der Waals surface area contributed by atoms with Crippen LogP contribution in [0.25, 0.3) is 0 Å². The summed E-state index contributed by atoms with van der Waals surface area (Å²) in [5, 5.41) is 11.3. The van der Waals surface area contributed by atoms with Gasteiger partial charge in [0.05, 0.1) is 10.0 Å². The zero-order valence-corrected chi connectivity index (χ0v) is 11.0. The molecule has 0 aliphatic carbocycles. The first-order valence-corrected chi connectivity index (χ1v) is 6.43. The lowest BCUT2D eigenvalue weighted by Crippen LogP contribution is -2.05. The second-order valence-electron chi connectivity index (χ2n) is 3.97. The highest BCUT2D eigenvalue weighted by Crippen LogP contribution is 2.28. The van der Waals surface area contributed by atoms with Gasteiger partial charge in [0.2, 0.25) is 0 Å². The van der Waals surface area contributed by atoms with Gasteiger partial charge in [-0.3, -0.25) is 0 Å². The number of aldehydes is 1. The minimum atomic E-state index is -0.156. The van der Waals surface area contributed by atoms with Crippen LogP contribution in [0.15, 0.2) is 18.2 Å². The number of unbranched alkanes of at least 4 members (excludes halogenated alkanes) is 2. The molecule has 0 aliphatic heterocycles. The first-order chi connectivity index (χ1) is 8.19. The van der Waals surface area contributed by atoms with Crippen LogP contribution < -0.4 is 5.11 Å². The molecule has 0 amide bonds. The van der Waals surface area contributed by atoms with E-state index in [0.29, 0.717) is 16.5 Å². The fraction of sp³-hybridized carbons (Fsp3) is 0.462. The summed E-state index contributed by atoms with van der Waals surface area (Å²) >= 11 is 11.7. The van der Waals surface area contributed by atoms with Crippen molar-refractivity contribution in [1.29, 1.82) is 0 Å². The summed E-state index contributed by atoms with van der Waals surface area (Å²) in [5.41, 5.74) is 0.886. The van der Waals surface area contributed by atoms with Gasteiger partial charge >= 0.3 is 0 Å². The Hall–Kier alpha value is -0.570. The third kappa shape index (κ3) is 4.66. The van der Waals surface area contributed by atoms with Gasteiger partial charge in [-0.15, -0.1) is 6.61 Å². The smallest absolute Gasteiger partial charge is 0.127 e. The molecule has 0 radical (unpaired) electrons. The molecule has 1 aromatic rings. The van der Waals surface area contributed by atoms with E-state index in [1.165, 1.54) is 0 Å². The molecule has 94 valence electrons. The Bertz CT molecular complexity index is 366. The number of hydrogen-bond donors (Lipinski definition) is 0. The molecule has 0 aliphatic rings. The summed E-state index contributed by atoms with van der Waals surface area (Å²) in [7, 11) is 0. The molecule has 4 heteroatoms. The van der Waals surface area contributed by atoms with Gasteiger partial charge in [0, 0.05) is 5.92 Å². The van der Waals surface area contributed by atoms with E-state index >= 15 is 0 Å². The largest absolute Gasteiger partial charge is 0.854 e. The van der Waals surface area contributed by atoms with Gasteiger partial charge in [-0.25, -0.2) is 0 Å². The summed E-state index contributed by atoms with van der Waals surface area (Å²) < 4.78 is 0. The zero-order valence-electron chi connectivity index (χ0n) is 9.49. The van der Waals surface area contributed by atoms with Gasteiger partial charge in [-0.05, 0) is 24.1 Å². The molecule has 1 aromatic carbocycles. The molecule has 0 unspecified atom stereocenters. The van der Waals surface area contributed by atoms with E-state index in [-0.39, 0.29) is 12.5 Å². The Morgan fingerprint density at radius 2 is 1.94 bits per heavy atom. The van der Waals surface area contributed by atoms with Gasteiger partial charge < -0.3 is 9.90 Å². The zero-order chi connectivity index (χ0) is 12.7. The number of carbonyl (C=O) groups is 1. The van der Waals surface area contributed by atoms with Crippen molar-refractivity contribution in [2.75, 3.05) is 6.61 Å². The molecule has 1 rings (SSSR count). The maximum Gasteiger partial charge on any atom is 0.127 e.